The maximum Gasteiger partial charge on any atom is 0.176 e. The van der Waals surface area contributed by atoms with Gasteiger partial charge in [0.1, 0.15) is 0 Å². The first-order valence-electron chi connectivity index (χ1n) is 7.91. The van der Waals surface area contributed by atoms with E-state index in [-0.39, 0.29) is 0 Å². The second-order valence-corrected chi connectivity index (χ2v) is 6.59. The zero-order chi connectivity index (χ0) is 14.3. The van der Waals surface area contributed by atoms with Crippen molar-refractivity contribution >= 4 is 33.5 Å². The van der Waals surface area contributed by atoms with Gasteiger partial charge in [0.25, 0.3) is 0 Å². The van der Waals surface area contributed by atoms with Gasteiger partial charge in [-0.05, 0) is 18.6 Å². The lowest BCUT2D eigenvalue weighted by molar-refractivity contribution is 0.532. The van der Waals surface area contributed by atoms with E-state index in [1.807, 2.05) is 0 Å². The summed E-state index contributed by atoms with van der Waals surface area (Å²) in [4.78, 5) is 0. The normalized spacial score (nSPS) is 10.6. The molecule has 0 saturated carbocycles. The minimum absolute atomic E-state index is 0.433. The smallest absolute Gasteiger partial charge is 0.176 e. The van der Waals surface area contributed by atoms with E-state index in [2.05, 4.69) is 23.1 Å². The Morgan fingerprint density at radius 3 is 1.58 bits per heavy atom. The molecule has 0 saturated heterocycles. The van der Waals surface area contributed by atoms with Gasteiger partial charge in [-0.15, -0.1) is 0 Å². The summed E-state index contributed by atoms with van der Waals surface area (Å²) in [7, 11) is 0. The molecule has 114 valence electrons. The Morgan fingerprint density at radius 1 is 0.842 bits per heavy atom. The summed E-state index contributed by atoms with van der Waals surface area (Å²) >= 11 is 8.20. The Hall–Kier alpha value is 0.170. The Labute approximate surface area is 133 Å². The quantitative estimate of drug-likeness (QED) is 0.268. The first-order chi connectivity index (χ1) is 9.18. The SMILES string of the molecule is CCCCCCCCCCCCCCN(Br)C(N)=S. The van der Waals surface area contributed by atoms with Crippen molar-refractivity contribution < 1.29 is 0 Å². The van der Waals surface area contributed by atoms with E-state index in [1.165, 1.54) is 77.0 Å². The summed E-state index contributed by atoms with van der Waals surface area (Å²) in [5.41, 5.74) is 5.49. The third-order valence-corrected chi connectivity index (χ3v) is 4.64. The average Bonchev–Trinajstić information content (AvgIpc) is 2.39. The number of rotatable bonds is 13. The van der Waals surface area contributed by atoms with Gasteiger partial charge in [0.2, 0.25) is 0 Å². The van der Waals surface area contributed by atoms with Gasteiger partial charge < -0.3 is 5.73 Å². The molecule has 0 spiro atoms. The van der Waals surface area contributed by atoms with Gasteiger partial charge in [-0.25, -0.2) is 0 Å². The molecule has 0 amide bonds. The maximum absolute atomic E-state index is 5.49. The Bertz CT molecular complexity index is 212. The fraction of sp³-hybridized carbons (Fsp3) is 0.933. The van der Waals surface area contributed by atoms with Crippen molar-refractivity contribution in [2.75, 3.05) is 6.54 Å². The summed E-state index contributed by atoms with van der Waals surface area (Å²) in [6.07, 6.45) is 16.5. The van der Waals surface area contributed by atoms with Crippen LogP contribution in [0.4, 0.5) is 0 Å². The van der Waals surface area contributed by atoms with E-state index >= 15 is 0 Å². The molecule has 0 atom stereocenters. The number of hydrogen-bond donors (Lipinski definition) is 1. The standard InChI is InChI=1S/C15H31BrN2S/c1-2-3-4-5-6-7-8-9-10-11-12-13-14-18(16)15(17)19/h2-14H2,1H3,(H2,17,19). The van der Waals surface area contributed by atoms with Crippen LogP contribution in [-0.4, -0.2) is 15.6 Å². The first kappa shape index (κ1) is 19.2. The number of thiocarbonyl (C=S) groups is 1. The molecule has 0 aliphatic carbocycles. The minimum atomic E-state index is 0.433. The highest BCUT2D eigenvalue weighted by molar-refractivity contribution is 9.07. The zero-order valence-corrected chi connectivity index (χ0v) is 14.9. The van der Waals surface area contributed by atoms with Crippen LogP contribution in [0.1, 0.15) is 84.0 Å². The molecule has 19 heavy (non-hydrogen) atoms. The summed E-state index contributed by atoms with van der Waals surface area (Å²) in [5.74, 6) is 0. The van der Waals surface area contributed by atoms with Gasteiger partial charge in [-0.1, -0.05) is 77.6 Å². The maximum atomic E-state index is 5.49. The van der Waals surface area contributed by atoms with Crippen molar-refractivity contribution in [2.45, 2.75) is 84.0 Å². The monoisotopic (exact) mass is 350 g/mol. The van der Waals surface area contributed by atoms with Crippen LogP contribution in [0, 0.1) is 0 Å². The van der Waals surface area contributed by atoms with Gasteiger partial charge in [0, 0.05) is 6.54 Å². The molecule has 0 heterocycles. The second-order valence-electron chi connectivity index (χ2n) is 5.31. The third kappa shape index (κ3) is 14.4. The summed E-state index contributed by atoms with van der Waals surface area (Å²) < 4.78 is 1.78. The van der Waals surface area contributed by atoms with Crippen molar-refractivity contribution in [2.24, 2.45) is 5.73 Å². The summed E-state index contributed by atoms with van der Waals surface area (Å²) in [6, 6.07) is 0. The van der Waals surface area contributed by atoms with E-state index < -0.39 is 0 Å². The van der Waals surface area contributed by atoms with E-state index in [0.29, 0.717) is 5.11 Å². The molecule has 0 rings (SSSR count). The van der Waals surface area contributed by atoms with Gasteiger partial charge in [0.05, 0.1) is 16.1 Å². The van der Waals surface area contributed by atoms with Crippen LogP contribution < -0.4 is 5.73 Å². The van der Waals surface area contributed by atoms with E-state index in [0.717, 1.165) is 6.54 Å². The van der Waals surface area contributed by atoms with E-state index in [4.69, 9.17) is 18.0 Å². The summed E-state index contributed by atoms with van der Waals surface area (Å²) in [5, 5.41) is 0.433. The zero-order valence-electron chi connectivity index (χ0n) is 12.5. The molecular formula is C15H31BrN2S. The van der Waals surface area contributed by atoms with Crippen molar-refractivity contribution in [3.05, 3.63) is 0 Å². The molecule has 0 aromatic heterocycles. The number of nitrogens with zero attached hydrogens (tertiary/aromatic N) is 1. The van der Waals surface area contributed by atoms with Crippen LogP contribution in [-0.2, 0) is 0 Å². The predicted molar refractivity (Wildman–Crippen MR) is 93.5 cm³/mol. The van der Waals surface area contributed by atoms with Crippen LogP contribution in [0.25, 0.3) is 0 Å². The molecule has 0 aliphatic heterocycles. The van der Waals surface area contributed by atoms with E-state index in [9.17, 15) is 0 Å². The molecule has 2 N–H and O–H groups in total. The minimum Gasteiger partial charge on any atom is -0.375 e. The van der Waals surface area contributed by atoms with Crippen molar-refractivity contribution in [3.63, 3.8) is 0 Å². The Kier molecular flexibility index (Phi) is 14.7. The number of hydrogen-bond acceptors (Lipinski definition) is 1. The molecular weight excluding hydrogens is 320 g/mol. The topological polar surface area (TPSA) is 29.3 Å². The highest BCUT2D eigenvalue weighted by Gasteiger charge is 2.00. The molecule has 4 heteroatoms. The van der Waals surface area contributed by atoms with Gasteiger partial charge in [-0.2, -0.15) is 0 Å². The number of nitrogens with two attached hydrogens (primary N) is 1. The summed E-state index contributed by atoms with van der Waals surface area (Å²) in [6.45, 7) is 3.20. The predicted octanol–water partition coefficient (Wildman–Crippen LogP) is 5.54. The second kappa shape index (κ2) is 14.6. The first-order valence-corrected chi connectivity index (χ1v) is 9.03. The van der Waals surface area contributed by atoms with Gasteiger partial charge >= 0.3 is 0 Å². The molecule has 0 aliphatic rings. The van der Waals surface area contributed by atoms with Gasteiger partial charge in [-0.3, -0.25) is 3.93 Å². The van der Waals surface area contributed by atoms with Gasteiger partial charge in [0.15, 0.2) is 5.11 Å². The highest BCUT2D eigenvalue weighted by atomic mass is 79.9. The molecule has 2 nitrogen and oxygen atoms in total. The van der Waals surface area contributed by atoms with Crippen LogP contribution in [0.2, 0.25) is 0 Å². The van der Waals surface area contributed by atoms with Crippen molar-refractivity contribution in [3.8, 4) is 0 Å². The number of unbranched alkanes of at least 4 members (excludes halogenated alkanes) is 11. The van der Waals surface area contributed by atoms with Crippen molar-refractivity contribution in [1.82, 2.24) is 3.93 Å². The molecule has 0 aromatic rings. The fourth-order valence-corrected chi connectivity index (χ4v) is 2.54. The lowest BCUT2D eigenvalue weighted by Gasteiger charge is -2.13. The van der Waals surface area contributed by atoms with Crippen LogP contribution in [0.3, 0.4) is 0 Å². The Morgan fingerprint density at radius 2 is 1.21 bits per heavy atom. The molecule has 0 aromatic carbocycles. The molecule has 0 unspecified atom stereocenters. The van der Waals surface area contributed by atoms with Crippen LogP contribution in [0.15, 0.2) is 0 Å². The highest BCUT2D eigenvalue weighted by Crippen LogP contribution is 2.12. The lowest BCUT2D eigenvalue weighted by atomic mass is 10.1. The lowest BCUT2D eigenvalue weighted by Crippen LogP contribution is -2.27. The number of halogens is 1. The van der Waals surface area contributed by atoms with E-state index in [1.54, 1.807) is 3.93 Å². The Balaban J connectivity index is 3.05. The third-order valence-electron chi connectivity index (χ3n) is 3.45. The molecule has 0 radical (unpaired) electrons. The van der Waals surface area contributed by atoms with Crippen LogP contribution >= 0.6 is 28.4 Å². The fourth-order valence-electron chi connectivity index (χ4n) is 2.20. The molecule has 0 fully saturated rings. The molecule has 0 bridgehead atoms. The largest absolute Gasteiger partial charge is 0.375 e. The van der Waals surface area contributed by atoms with Crippen molar-refractivity contribution in [1.29, 1.82) is 0 Å². The average molecular weight is 351 g/mol. The van der Waals surface area contributed by atoms with Crippen LogP contribution in [0.5, 0.6) is 0 Å².